The number of H-pyrrole nitrogens is 1. The minimum Gasteiger partial charge on any atom is -0.342 e. The Morgan fingerprint density at radius 3 is 2.82 bits per heavy atom. The second-order valence-corrected chi connectivity index (χ2v) is 5.00. The maximum absolute atomic E-state index is 12.5. The molecule has 22 heavy (non-hydrogen) atoms. The van der Waals surface area contributed by atoms with E-state index in [4.69, 9.17) is 0 Å². The van der Waals surface area contributed by atoms with Crippen molar-refractivity contribution in [2.75, 3.05) is 0 Å². The lowest BCUT2D eigenvalue weighted by Crippen LogP contribution is -1.89. The number of rotatable bonds is 4. The molecular formula is C18H16FN3. The van der Waals surface area contributed by atoms with Crippen LogP contribution in [0.1, 0.15) is 30.1 Å². The number of alkyl halides is 1. The summed E-state index contributed by atoms with van der Waals surface area (Å²) in [6, 6.07) is 13.2. The van der Waals surface area contributed by atoms with Crippen molar-refractivity contribution in [3.05, 3.63) is 59.7 Å². The number of benzene rings is 1. The van der Waals surface area contributed by atoms with Crippen molar-refractivity contribution < 1.29 is 4.39 Å². The minimum atomic E-state index is -0.554. The summed E-state index contributed by atoms with van der Waals surface area (Å²) >= 11 is 0. The van der Waals surface area contributed by atoms with Gasteiger partial charge in [-0.1, -0.05) is 24.1 Å². The summed E-state index contributed by atoms with van der Waals surface area (Å²) in [5.74, 6) is 7.04. The Labute approximate surface area is 128 Å². The number of fused-ring (bicyclic) bond motifs is 1. The summed E-state index contributed by atoms with van der Waals surface area (Å²) < 4.78 is 12.5. The van der Waals surface area contributed by atoms with E-state index in [9.17, 15) is 4.39 Å². The molecule has 2 heterocycles. The molecule has 0 spiro atoms. The molecule has 0 aliphatic rings. The zero-order valence-corrected chi connectivity index (χ0v) is 12.1. The van der Waals surface area contributed by atoms with Crippen LogP contribution in [0.15, 0.2) is 42.5 Å². The van der Waals surface area contributed by atoms with E-state index in [1.54, 1.807) is 18.2 Å². The van der Waals surface area contributed by atoms with Crippen molar-refractivity contribution in [2.45, 2.75) is 25.9 Å². The van der Waals surface area contributed by atoms with E-state index in [-0.39, 0.29) is 0 Å². The monoisotopic (exact) mass is 293 g/mol. The van der Waals surface area contributed by atoms with Gasteiger partial charge in [0.05, 0.1) is 16.7 Å². The van der Waals surface area contributed by atoms with Crippen molar-refractivity contribution in [1.29, 1.82) is 0 Å². The first-order valence-corrected chi connectivity index (χ1v) is 7.29. The van der Waals surface area contributed by atoms with E-state index in [1.165, 1.54) is 0 Å². The van der Waals surface area contributed by atoms with Crippen LogP contribution in [0, 0.1) is 11.8 Å². The van der Waals surface area contributed by atoms with Gasteiger partial charge in [0.2, 0.25) is 0 Å². The lowest BCUT2D eigenvalue weighted by Gasteiger charge is -1.94. The molecule has 0 aliphatic carbocycles. The summed E-state index contributed by atoms with van der Waals surface area (Å²) in [6.07, 6.45) is 2.55. The highest BCUT2D eigenvalue weighted by Gasteiger charge is 2.00. The van der Waals surface area contributed by atoms with Crippen LogP contribution < -0.4 is 0 Å². The van der Waals surface area contributed by atoms with Crippen LogP contribution in [0.4, 0.5) is 4.39 Å². The number of hydrogen-bond acceptors (Lipinski definition) is 2. The number of aromatic nitrogens is 3. The van der Waals surface area contributed by atoms with E-state index in [0.29, 0.717) is 11.4 Å². The topological polar surface area (TPSA) is 41.6 Å². The zero-order valence-electron chi connectivity index (χ0n) is 12.1. The van der Waals surface area contributed by atoms with Gasteiger partial charge in [-0.3, -0.25) is 0 Å². The summed E-state index contributed by atoms with van der Waals surface area (Å²) in [5.41, 5.74) is 3.11. The molecule has 0 radical (unpaired) electrons. The number of unbranched alkanes of at least 4 members (excludes halogenated alkanes) is 1. The Hall–Kier alpha value is -2.67. The molecule has 3 rings (SSSR count). The predicted molar refractivity (Wildman–Crippen MR) is 85.0 cm³/mol. The quantitative estimate of drug-likeness (QED) is 0.587. The molecule has 3 aromatic rings. The van der Waals surface area contributed by atoms with Gasteiger partial charge in [-0.25, -0.2) is 14.4 Å². The summed E-state index contributed by atoms with van der Waals surface area (Å²) in [4.78, 5) is 11.9. The minimum absolute atomic E-state index is 0.425. The van der Waals surface area contributed by atoms with Gasteiger partial charge in [0, 0.05) is 12.8 Å². The molecule has 0 saturated carbocycles. The standard InChI is InChI=1S/C18H16FN3/c19-13-15-9-6-8-14(20-15)7-2-1-3-12-18-21-16-10-4-5-11-17(16)22-18/h4-6,8-11H,1,3,12-13H2,(H,21,22). The molecule has 3 nitrogen and oxygen atoms in total. The fraction of sp³-hybridized carbons (Fsp3) is 0.222. The van der Waals surface area contributed by atoms with Crippen LogP contribution in [0.5, 0.6) is 0 Å². The lowest BCUT2D eigenvalue weighted by molar-refractivity contribution is 0.476. The summed E-state index contributed by atoms with van der Waals surface area (Å²) in [5, 5.41) is 0. The van der Waals surface area contributed by atoms with Gasteiger partial charge < -0.3 is 4.98 Å². The van der Waals surface area contributed by atoms with Gasteiger partial charge in [0.25, 0.3) is 0 Å². The first-order chi connectivity index (χ1) is 10.8. The fourth-order valence-electron chi connectivity index (χ4n) is 2.24. The Balaban J connectivity index is 1.54. The van der Waals surface area contributed by atoms with Crippen molar-refractivity contribution in [3.63, 3.8) is 0 Å². The number of hydrogen-bond donors (Lipinski definition) is 1. The predicted octanol–water partition coefficient (Wildman–Crippen LogP) is 3.80. The number of nitrogens with zero attached hydrogens (tertiary/aromatic N) is 2. The average molecular weight is 293 g/mol. The average Bonchev–Trinajstić information content (AvgIpc) is 2.97. The van der Waals surface area contributed by atoms with Gasteiger partial charge in [-0.05, 0) is 36.6 Å². The Bertz CT molecular complexity index is 794. The molecule has 0 fully saturated rings. The van der Waals surface area contributed by atoms with E-state index < -0.39 is 6.67 Å². The Morgan fingerprint density at radius 2 is 1.95 bits per heavy atom. The van der Waals surface area contributed by atoms with Crippen molar-refractivity contribution in [3.8, 4) is 11.8 Å². The Morgan fingerprint density at radius 1 is 1.05 bits per heavy atom. The van der Waals surface area contributed by atoms with E-state index in [0.717, 1.165) is 36.1 Å². The van der Waals surface area contributed by atoms with Gasteiger partial charge in [-0.2, -0.15) is 0 Å². The maximum Gasteiger partial charge on any atom is 0.131 e. The summed E-state index contributed by atoms with van der Waals surface area (Å²) in [6.45, 7) is -0.554. The van der Waals surface area contributed by atoms with Crippen LogP contribution in [0.3, 0.4) is 0 Å². The highest BCUT2D eigenvalue weighted by molar-refractivity contribution is 5.74. The van der Waals surface area contributed by atoms with Crippen LogP contribution in [0.25, 0.3) is 11.0 Å². The normalized spacial score (nSPS) is 10.4. The second kappa shape index (κ2) is 6.86. The van der Waals surface area contributed by atoms with E-state index >= 15 is 0 Å². The molecule has 110 valence electrons. The van der Waals surface area contributed by atoms with Crippen LogP contribution >= 0.6 is 0 Å². The van der Waals surface area contributed by atoms with Gasteiger partial charge >= 0.3 is 0 Å². The Kier molecular flexibility index (Phi) is 4.45. The molecule has 2 aromatic heterocycles. The second-order valence-electron chi connectivity index (χ2n) is 5.00. The molecule has 0 aliphatic heterocycles. The molecule has 0 atom stereocenters. The molecule has 0 amide bonds. The number of aryl methyl sites for hydroxylation is 1. The molecule has 0 saturated heterocycles. The molecule has 0 unspecified atom stereocenters. The molecule has 0 bridgehead atoms. The number of pyridine rings is 1. The van der Waals surface area contributed by atoms with Gasteiger partial charge in [0.15, 0.2) is 0 Å². The smallest absolute Gasteiger partial charge is 0.131 e. The maximum atomic E-state index is 12.5. The number of halogens is 1. The third-order valence-corrected chi connectivity index (χ3v) is 3.31. The molecule has 1 aromatic carbocycles. The molecular weight excluding hydrogens is 277 g/mol. The summed E-state index contributed by atoms with van der Waals surface area (Å²) in [7, 11) is 0. The van der Waals surface area contributed by atoms with Crippen molar-refractivity contribution in [1.82, 2.24) is 15.0 Å². The number of aromatic amines is 1. The van der Waals surface area contributed by atoms with Crippen molar-refractivity contribution in [2.24, 2.45) is 0 Å². The third kappa shape index (κ3) is 3.50. The van der Waals surface area contributed by atoms with Crippen LogP contribution in [-0.2, 0) is 13.1 Å². The fourth-order valence-corrected chi connectivity index (χ4v) is 2.24. The zero-order chi connectivity index (χ0) is 15.2. The highest BCUT2D eigenvalue weighted by atomic mass is 19.1. The largest absolute Gasteiger partial charge is 0.342 e. The van der Waals surface area contributed by atoms with Gasteiger partial charge in [-0.15, -0.1) is 0 Å². The SMILES string of the molecule is FCc1cccc(C#CCCCc2nc3ccccc3[nH]2)n1. The number of para-hydroxylation sites is 2. The van der Waals surface area contributed by atoms with Crippen LogP contribution in [0.2, 0.25) is 0 Å². The molecule has 4 heteroatoms. The number of imidazole rings is 1. The van der Waals surface area contributed by atoms with Crippen molar-refractivity contribution >= 4 is 11.0 Å². The lowest BCUT2D eigenvalue weighted by atomic mass is 10.2. The third-order valence-electron chi connectivity index (χ3n) is 3.31. The van der Waals surface area contributed by atoms with E-state index in [2.05, 4.69) is 26.8 Å². The first-order valence-electron chi connectivity index (χ1n) is 7.29. The number of nitrogens with one attached hydrogen (secondary N) is 1. The first kappa shape index (κ1) is 14.3. The van der Waals surface area contributed by atoms with Gasteiger partial charge in [0.1, 0.15) is 18.2 Å². The van der Waals surface area contributed by atoms with E-state index in [1.807, 2.05) is 24.3 Å². The van der Waals surface area contributed by atoms with Crippen LogP contribution in [-0.4, -0.2) is 15.0 Å². The molecule has 1 N–H and O–H groups in total. The highest BCUT2D eigenvalue weighted by Crippen LogP contribution is 2.11.